The Morgan fingerprint density at radius 3 is 2.50 bits per heavy atom. The number of ether oxygens (including phenoxy) is 1. The van der Waals surface area contributed by atoms with Crippen molar-refractivity contribution >= 4 is 32.6 Å². The van der Waals surface area contributed by atoms with Gasteiger partial charge in [0.1, 0.15) is 12.2 Å². The fourth-order valence-corrected chi connectivity index (χ4v) is 5.07. The maximum Gasteiger partial charge on any atom is 0.340 e. The van der Waals surface area contributed by atoms with Gasteiger partial charge in [-0.1, -0.05) is 12.1 Å². The van der Waals surface area contributed by atoms with Crippen LogP contribution in [0.15, 0.2) is 56.6 Å². The van der Waals surface area contributed by atoms with Gasteiger partial charge in [-0.3, -0.25) is 0 Å². The van der Waals surface area contributed by atoms with Gasteiger partial charge in [0, 0.05) is 44.2 Å². The molecule has 0 spiro atoms. The lowest BCUT2D eigenvalue weighted by Gasteiger charge is -2.30. The number of aryl methyl sites for hydroxylation is 1. The normalized spacial score (nSPS) is 14.5. The van der Waals surface area contributed by atoms with Crippen molar-refractivity contribution in [1.82, 2.24) is 4.31 Å². The van der Waals surface area contributed by atoms with Crippen LogP contribution >= 0.6 is 0 Å². The first kappa shape index (κ1) is 24.0. The van der Waals surface area contributed by atoms with E-state index < -0.39 is 21.6 Å². The van der Waals surface area contributed by atoms with Gasteiger partial charge in [0.15, 0.2) is 0 Å². The first-order valence-electron chi connectivity index (χ1n) is 11.2. The molecule has 0 amide bonds. The average molecular weight is 485 g/mol. The Morgan fingerprint density at radius 1 is 1.06 bits per heavy atom. The fraction of sp³-hybridized carbons (Fsp3) is 0.360. The Labute approximate surface area is 198 Å². The van der Waals surface area contributed by atoms with Crippen LogP contribution in [0.1, 0.15) is 40.7 Å². The summed E-state index contributed by atoms with van der Waals surface area (Å²) in [6.07, 6.45) is 3.11. The van der Waals surface area contributed by atoms with Crippen molar-refractivity contribution < 1.29 is 22.4 Å². The second-order valence-corrected chi connectivity index (χ2v) is 10.8. The van der Waals surface area contributed by atoms with Crippen LogP contribution in [0.2, 0.25) is 0 Å². The molecule has 0 radical (unpaired) electrons. The van der Waals surface area contributed by atoms with E-state index in [0.717, 1.165) is 42.2 Å². The van der Waals surface area contributed by atoms with E-state index in [1.165, 1.54) is 32.3 Å². The van der Waals surface area contributed by atoms with E-state index in [4.69, 9.17) is 9.15 Å². The third kappa shape index (κ3) is 4.85. The molecule has 1 fully saturated rings. The number of fused-ring (bicyclic) bond motifs is 1. The molecule has 2 heterocycles. The van der Waals surface area contributed by atoms with Crippen LogP contribution in [0.25, 0.3) is 11.0 Å². The number of nitrogens with zero attached hydrogens (tertiary/aromatic N) is 2. The largest absolute Gasteiger partial charge is 0.457 e. The molecule has 9 heteroatoms. The molecule has 4 rings (SSSR count). The summed E-state index contributed by atoms with van der Waals surface area (Å²) < 4.78 is 37.4. The zero-order valence-corrected chi connectivity index (χ0v) is 20.4. The van der Waals surface area contributed by atoms with Gasteiger partial charge in [-0.05, 0) is 56.0 Å². The Bertz CT molecular complexity index is 1390. The molecule has 180 valence electrons. The van der Waals surface area contributed by atoms with E-state index in [1.807, 2.05) is 19.1 Å². The summed E-state index contributed by atoms with van der Waals surface area (Å²) in [5.74, 6) is -0.648. The summed E-state index contributed by atoms with van der Waals surface area (Å²) in [6, 6.07) is 11.3. The molecule has 2 aromatic carbocycles. The van der Waals surface area contributed by atoms with Gasteiger partial charge in [-0.2, -0.15) is 0 Å². The lowest BCUT2D eigenvalue weighted by atomic mass is 10.1. The number of piperidine rings is 1. The minimum Gasteiger partial charge on any atom is -0.457 e. The molecule has 1 aromatic heterocycles. The highest BCUT2D eigenvalue weighted by Crippen LogP contribution is 2.29. The van der Waals surface area contributed by atoms with Gasteiger partial charge in [-0.15, -0.1) is 0 Å². The maximum atomic E-state index is 13.2. The van der Waals surface area contributed by atoms with Crippen LogP contribution < -0.4 is 10.5 Å². The Morgan fingerprint density at radius 2 is 1.79 bits per heavy atom. The van der Waals surface area contributed by atoms with E-state index in [2.05, 4.69) is 4.90 Å². The molecule has 1 saturated heterocycles. The molecule has 0 bridgehead atoms. The van der Waals surface area contributed by atoms with Crippen LogP contribution in [0.3, 0.4) is 0 Å². The fourth-order valence-electron chi connectivity index (χ4n) is 4.14. The van der Waals surface area contributed by atoms with Crippen molar-refractivity contribution in [3.05, 3.63) is 69.6 Å². The molecule has 34 heavy (non-hydrogen) atoms. The molecule has 8 nitrogen and oxygen atoms in total. The highest BCUT2D eigenvalue weighted by atomic mass is 32.2. The van der Waals surface area contributed by atoms with Crippen LogP contribution in [0.4, 0.5) is 5.69 Å². The Balaban J connectivity index is 1.69. The maximum absolute atomic E-state index is 13.2. The highest BCUT2D eigenvalue weighted by Gasteiger charge is 2.25. The minimum atomic E-state index is -3.73. The van der Waals surface area contributed by atoms with E-state index in [1.54, 1.807) is 12.1 Å². The molecule has 3 aromatic rings. The third-order valence-electron chi connectivity index (χ3n) is 6.01. The SMILES string of the molecule is Cc1ccc2c(COC(=O)c3cc(S(=O)(=O)N(C)C)ccc3N3CCCCC3)cc(=O)oc2c1. The average Bonchev–Trinajstić information content (AvgIpc) is 2.82. The zero-order valence-electron chi connectivity index (χ0n) is 19.5. The summed E-state index contributed by atoms with van der Waals surface area (Å²) in [5, 5.41) is 0.679. The molecular weight excluding hydrogens is 456 g/mol. The highest BCUT2D eigenvalue weighted by molar-refractivity contribution is 7.89. The van der Waals surface area contributed by atoms with Crippen LogP contribution in [0.5, 0.6) is 0 Å². The number of anilines is 1. The number of esters is 1. The number of carbonyl (C=O) groups excluding carboxylic acids is 1. The second kappa shape index (κ2) is 9.60. The number of hydrogen-bond acceptors (Lipinski definition) is 7. The summed E-state index contributed by atoms with van der Waals surface area (Å²) in [4.78, 5) is 27.4. The third-order valence-corrected chi connectivity index (χ3v) is 7.82. The lowest BCUT2D eigenvalue weighted by molar-refractivity contribution is 0.0474. The molecule has 1 aliphatic heterocycles. The standard InChI is InChI=1S/C25H28N2O6S/c1-17-7-9-20-18(14-24(28)33-23(20)13-17)16-32-25(29)21-15-19(34(30,31)26(2)3)8-10-22(21)27-11-5-4-6-12-27/h7-10,13-15H,4-6,11-12,16H2,1-3H3. The minimum absolute atomic E-state index is 0.0199. The topological polar surface area (TPSA) is 97.1 Å². The number of hydrogen-bond donors (Lipinski definition) is 0. The molecule has 0 atom stereocenters. The Hall–Kier alpha value is -3.17. The predicted molar refractivity (Wildman–Crippen MR) is 130 cm³/mol. The number of carbonyl (C=O) groups is 1. The molecule has 0 aliphatic carbocycles. The van der Waals surface area contributed by atoms with Crippen molar-refractivity contribution in [2.45, 2.75) is 37.7 Å². The monoisotopic (exact) mass is 484 g/mol. The molecule has 0 unspecified atom stereocenters. The van der Waals surface area contributed by atoms with E-state index in [-0.39, 0.29) is 17.1 Å². The summed E-state index contributed by atoms with van der Waals surface area (Å²) >= 11 is 0. The van der Waals surface area contributed by atoms with E-state index >= 15 is 0 Å². The van der Waals surface area contributed by atoms with Gasteiger partial charge in [0.05, 0.1) is 16.1 Å². The smallest absolute Gasteiger partial charge is 0.340 e. The van der Waals surface area contributed by atoms with Gasteiger partial charge < -0.3 is 14.1 Å². The number of rotatable bonds is 6. The van der Waals surface area contributed by atoms with Crippen LogP contribution in [0, 0.1) is 6.92 Å². The van der Waals surface area contributed by atoms with E-state index in [9.17, 15) is 18.0 Å². The van der Waals surface area contributed by atoms with Crippen LogP contribution in [-0.2, 0) is 21.4 Å². The second-order valence-electron chi connectivity index (χ2n) is 8.68. The van der Waals surface area contributed by atoms with Crippen molar-refractivity contribution in [3.63, 3.8) is 0 Å². The molecule has 0 N–H and O–H groups in total. The van der Waals surface area contributed by atoms with Crippen molar-refractivity contribution in [2.24, 2.45) is 0 Å². The van der Waals surface area contributed by atoms with Crippen molar-refractivity contribution in [1.29, 1.82) is 0 Å². The van der Waals surface area contributed by atoms with Gasteiger partial charge >= 0.3 is 11.6 Å². The van der Waals surface area contributed by atoms with Gasteiger partial charge in [0.2, 0.25) is 10.0 Å². The van der Waals surface area contributed by atoms with Gasteiger partial charge in [-0.25, -0.2) is 22.3 Å². The van der Waals surface area contributed by atoms with Crippen molar-refractivity contribution in [3.8, 4) is 0 Å². The molecule has 1 aliphatic rings. The number of sulfonamides is 1. The Kier molecular flexibility index (Phi) is 6.77. The summed E-state index contributed by atoms with van der Waals surface area (Å²) in [7, 11) is -0.844. The zero-order chi connectivity index (χ0) is 24.5. The summed E-state index contributed by atoms with van der Waals surface area (Å²) in [6.45, 7) is 3.31. The predicted octanol–water partition coefficient (Wildman–Crippen LogP) is 3.70. The van der Waals surface area contributed by atoms with Crippen molar-refractivity contribution in [2.75, 3.05) is 32.1 Å². The first-order chi connectivity index (χ1) is 16.2. The molecular formula is C25H28N2O6S. The van der Waals surface area contributed by atoms with E-state index in [0.29, 0.717) is 22.2 Å². The molecule has 0 saturated carbocycles. The number of benzene rings is 2. The first-order valence-corrected chi connectivity index (χ1v) is 12.6. The van der Waals surface area contributed by atoms with Gasteiger partial charge in [0.25, 0.3) is 0 Å². The lowest BCUT2D eigenvalue weighted by Crippen LogP contribution is -2.31. The quantitative estimate of drug-likeness (QED) is 0.389. The van der Waals surface area contributed by atoms with Crippen LogP contribution in [-0.4, -0.2) is 45.9 Å². The summed E-state index contributed by atoms with van der Waals surface area (Å²) in [5.41, 5.74) is 2.19.